The standard InChI is InChI=1S/C27H25F4NO2/c28-21-14-10-19(11-15-21)25(33)24(16-17-8-12-20(13-9-17)27(29,30)31)32-26(34)23-7-3-5-18-4-1-2-6-22(18)23/h3,5,7-15,24-25,33H,1-2,4,6,16H2,(H,32,34). The summed E-state index contributed by atoms with van der Waals surface area (Å²) >= 11 is 0. The molecule has 1 aliphatic rings. The monoisotopic (exact) mass is 471 g/mol. The van der Waals surface area contributed by atoms with Crippen molar-refractivity contribution in [2.45, 2.75) is 50.4 Å². The van der Waals surface area contributed by atoms with E-state index in [9.17, 15) is 27.5 Å². The molecule has 2 atom stereocenters. The summed E-state index contributed by atoms with van der Waals surface area (Å²) in [5.74, 6) is -0.813. The number of aryl methyl sites for hydroxylation is 1. The summed E-state index contributed by atoms with van der Waals surface area (Å²) in [4.78, 5) is 13.3. The number of carbonyl (C=O) groups is 1. The first kappa shape index (κ1) is 24.0. The molecule has 3 aromatic carbocycles. The van der Waals surface area contributed by atoms with Crippen LogP contribution in [0.25, 0.3) is 0 Å². The zero-order valence-corrected chi connectivity index (χ0v) is 18.4. The Bertz CT molecular complexity index is 1140. The lowest BCUT2D eigenvalue weighted by Crippen LogP contribution is -2.41. The van der Waals surface area contributed by atoms with E-state index in [1.807, 2.05) is 12.1 Å². The number of aliphatic hydroxyl groups is 1. The van der Waals surface area contributed by atoms with E-state index < -0.39 is 29.7 Å². The summed E-state index contributed by atoms with van der Waals surface area (Å²) in [6.45, 7) is 0. The van der Waals surface area contributed by atoms with E-state index in [0.29, 0.717) is 16.7 Å². The molecule has 0 radical (unpaired) electrons. The molecule has 2 N–H and O–H groups in total. The second-order valence-electron chi connectivity index (χ2n) is 8.63. The zero-order chi connectivity index (χ0) is 24.3. The maximum absolute atomic E-state index is 13.4. The normalized spacial score (nSPS) is 15.3. The van der Waals surface area contributed by atoms with Crippen molar-refractivity contribution in [1.82, 2.24) is 5.32 Å². The highest BCUT2D eigenvalue weighted by Gasteiger charge is 2.31. The Balaban J connectivity index is 1.61. The van der Waals surface area contributed by atoms with Gasteiger partial charge in [0.25, 0.3) is 5.91 Å². The summed E-state index contributed by atoms with van der Waals surface area (Å²) in [7, 11) is 0. The summed E-state index contributed by atoms with van der Waals surface area (Å²) in [5.41, 5.74) is 2.82. The maximum Gasteiger partial charge on any atom is 0.416 e. The zero-order valence-electron chi connectivity index (χ0n) is 18.4. The molecule has 2 unspecified atom stereocenters. The maximum atomic E-state index is 13.4. The Morgan fingerprint density at radius 2 is 1.62 bits per heavy atom. The van der Waals surface area contributed by atoms with Crippen LogP contribution in [-0.2, 0) is 25.4 Å². The predicted molar refractivity (Wildman–Crippen MR) is 121 cm³/mol. The molecule has 0 aliphatic heterocycles. The Morgan fingerprint density at radius 3 is 2.29 bits per heavy atom. The minimum atomic E-state index is -4.45. The number of hydrogen-bond donors (Lipinski definition) is 2. The van der Waals surface area contributed by atoms with Crippen molar-refractivity contribution in [3.05, 3.63) is 106 Å². The van der Waals surface area contributed by atoms with Crippen LogP contribution >= 0.6 is 0 Å². The molecule has 178 valence electrons. The van der Waals surface area contributed by atoms with Crippen LogP contribution in [0.1, 0.15) is 57.1 Å². The average molecular weight is 471 g/mol. The van der Waals surface area contributed by atoms with Gasteiger partial charge in [0.05, 0.1) is 17.7 Å². The topological polar surface area (TPSA) is 49.3 Å². The van der Waals surface area contributed by atoms with Gasteiger partial charge in [0.2, 0.25) is 0 Å². The van der Waals surface area contributed by atoms with Gasteiger partial charge in [-0.3, -0.25) is 4.79 Å². The molecule has 4 rings (SSSR count). The Hall–Kier alpha value is -3.19. The fourth-order valence-corrected chi connectivity index (χ4v) is 4.46. The Labute approximate surface area is 195 Å². The van der Waals surface area contributed by atoms with Crippen LogP contribution < -0.4 is 5.32 Å². The number of amides is 1. The largest absolute Gasteiger partial charge is 0.416 e. The first-order valence-electron chi connectivity index (χ1n) is 11.2. The summed E-state index contributed by atoms with van der Waals surface area (Å²) in [6.07, 6.45) is -1.79. The third kappa shape index (κ3) is 5.47. The van der Waals surface area contributed by atoms with Gasteiger partial charge in [-0.15, -0.1) is 0 Å². The second kappa shape index (κ2) is 9.97. The predicted octanol–water partition coefficient (Wildman–Crippen LogP) is 5.80. The Morgan fingerprint density at radius 1 is 0.941 bits per heavy atom. The van der Waals surface area contributed by atoms with Crippen molar-refractivity contribution in [3.8, 4) is 0 Å². The molecule has 0 heterocycles. The van der Waals surface area contributed by atoms with E-state index in [4.69, 9.17) is 0 Å². The van der Waals surface area contributed by atoms with E-state index in [1.54, 1.807) is 6.07 Å². The molecule has 34 heavy (non-hydrogen) atoms. The molecule has 1 aliphatic carbocycles. The smallest absolute Gasteiger partial charge is 0.386 e. The van der Waals surface area contributed by atoms with E-state index >= 15 is 0 Å². The van der Waals surface area contributed by atoms with E-state index in [0.717, 1.165) is 48.9 Å². The van der Waals surface area contributed by atoms with Crippen molar-refractivity contribution >= 4 is 5.91 Å². The van der Waals surface area contributed by atoms with Crippen molar-refractivity contribution in [2.24, 2.45) is 0 Å². The first-order chi connectivity index (χ1) is 16.2. The van der Waals surface area contributed by atoms with Crippen LogP contribution in [0.2, 0.25) is 0 Å². The first-order valence-corrected chi connectivity index (χ1v) is 11.2. The van der Waals surface area contributed by atoms with Gasteiger partial charge in [0, 0.05) is 5.56 Å². The lowest BCUT2D eigenvalue weighted by Gasteiger charge is -2.26. The molecule has 0 bridgehead atoms. The highest BCUT2D eigenvalue weighted by molar-refractivity contribution is 5.96. The van der Waals surface area contributed by atoms with Crippen LogP contribution in [0.5, 0.6) is 0 Å². The van der Waals surface area contributed by atoms with Gasteiger partial charge in [-0.2, -0.15) is 13.2 Å². The van der Waals surface area contributed by atoms with Crippen molar-refractivity contribution < 1.29 is 27.5 Å². The molecule has 0 saturated heterocycles. The van der Waals surface area contributed by atoms with Crippen LogP contribution in [-0.4, -0.2) is 17.1 Å². The van der Waals surface area contributed by atoms with Crippen molar-refractivity contribution in [2.75, 3.05) is 0 Å². The van der Waals surface area contributed by atoms with E-state index in [2.05, 4.69) is 5.32 Å². The van der Waals surface area contributed by atoms with Gasteiger partial charge < -0.3 is 10.4 Å². The molecule has 3 nitrogen and oxygen atoms in total. The molecule has 7 heteroatoms. The SMILES string of the molecule is O=C(NC(Cc1ccc(C(F)(F)F)cc1)C(O)c1ccc(F)cc1)c1cccc2c1CCCC2. The number of fused-ring (bicyclic) bond motifs is 1. The number of rotatable bonds is 6. The van der Waals surface area contributed by atoms with Crippen molar-refractivity contribution in [3.63, 3.8) is 0 Å². The van der Waals surface area contributed by atoms with E-state index in [1.165, 1.54) is 36.4 Å². The molecule has 3 aromatic rings. The third-order valence-corrected chi connectivity index (χ3v) is 6.29. The van der Waals surface area contributed by atoms with Gasteiger partial charge in [-0.05, 0) is 84.7 Å². The van der Waals surface area contributed by atoms with Gasteiger partial charge in [0.1, 0.15) is 5.82 Å². The number of carbonyl (C=O) groups excluding carboxylic acids is 1. The van der Waals surface area contributed by atoms with Gasteiger partial charge >= 0.3 is 6.18 Å². The van der Waals surface area contributed by atoms with Gasteiger partial charge in [-0.25, -0.2) is 4.39 Å². The summed E-state index contributed by atoms with van der Waals surface area (Å²) in [6, 6.07) is 14.7. The number of halogens is 4. The molecule has 0 spiro atoms. The van der Waals surface area contributed by atoms with Crippen LogP contribution in [0.3, 0.4) is 0 Å². The molecule has 0 fully saturated rings. The summed E-state index contributed by atoms with van der Waals surface area (Å²) < 4.78 is 52.2. The van der Waals surface area contributed by atoms with Crippen LogP contribution in [0.15, 0.2) is 66.7 Å². The number of aliphatic hydroxyl groups excluding tert-OH is 1. The lowest BCUT2D eigenvalue weighted by molar-refractivity contribution is -0.137. The second-order valence-corrected chi connectivity index (χ2v) is 8.63. The highest BCUT2D eigenvalue weighted by atomic mass is 19.4. The minimum absolute atomic E-state index is 0.0947. The fraction of sp³-hybridized carbons (Fsp3) is 0.296. The number of alkyl halides is 3. The van der Waals surface area contributed by atoms with Crippen LogP contribution in [0, 0.1) is 5.82 Å². The quantitative estimate of drug-likeness (QED) is 0.447. The summed E-state index contributed by atoms with van der Waals surface area (Å²) in [5, 5.41) is 13.9. The lowest BCUT2D eigenvalue weighted by atomic mass is 9.87. The molecular formula is C27H25F4NO2. The number of benzene rings is 3. The van der Waals surface area contributed by atoms with Crippen LogP contribution in [0.4, 0.5) is 17.6 Å². The van der Waals surface area contributed by atoms with Gasteiger partial charge in [-0.1, -0.05) is 36.4 Å². The number of hydrogen-bond acceptors (Lipinski definition) is 2. The molecule has 0 saturated carbocycles. The van der Waals surface area contributed by atoms with E-state index in [-0.39, 0.29) is 12.3 Å². The highest BCUT2D eigenvalue weighted by Crippen LogP contribution is 2.30. The average Bonchev–Trinajstić information content (AvgIpc) is 2.83. The third-order valence-electron chi connectivity index (χ3n) is 6.29. The van der Waals surface area contributed by atoms with Gasteiger partial charge in [0.15, 0.2) is 0 Å². The number of nitrogens with one attached hydrogen (secondary N) is 1. The van der Waals surface area contributed by atoms with Crippen molar-refractivity contribution in [1.29, 1.82) is 0 Å². The molecular weight excluding hydrogens is 446 g/mol. The minimum Gasteiger partial charge on any atom is -0.386 e. The molecule has 0 aromatic heterocycles. The fourth-order valence-electron chi connectivity index (χ4n) is 4.46. The Kier molecular flexibility index (Phi) is 7.03. The molecule has 1 amide bonds.